The SMILES string of the molecule is N#Cc1cc(Cl)nc(NCCSC(F)(F)F)c1. The van der Waals surface area contributed by atoms with Crippen LogP contribution in [0, 0.1) is 11.3 Å². The molecule has 1 N–H and O–H groups in total. The molecule has 1 heterocycles. The molecule has 1 aromatic rings. The van der Waals surface area contributed by atoms with Gasteiger partial charge in [-0.1, -0.05) is 11.6 Å². The summed E-state index contributed by atoms with van der Waals surface area (Å²) in [6.45, 7) is 0.0857. The van der Waals surface area contributed by atoms with Crippen molar-refractivity contribution >= 4 is 29.2 Å². The Hall–Kier alpha value is -1.13. The minimum atomic E-state index is -4.23. The van der Waals surface area contributed by atoms with E-state index in [4.69, 9.17) is 16.9 Å². The summed E-state index contributed by atoms with van der Waals surface area (Å²) in [5.74, 6) is 0.149. The van der Waals surface area contributed by atoms with Crippen molar-refractivity contribution in [2.75, 3.05) is 17.6 Å². The molecule has 0 unspecified atom stereocenters. The molecule has 3 nitrogen and oxygen atoms in total. The van der Waals surface area contributed by atoms with E-state index < -0.39 is 5.51 Å². The second kappa shape index (κ2) is 5.98. The van der Waals surface area contributed by atoms with Crippen molar-refractivity contribution in [1.29, 1.82) is 5.26 Å². The highest BCUT2D eigenvalue weighted by atomic mass is 35.5. The molecule has 0 aromatic carbocycles. The zero-order chi connectivity index (χ0) is 12.9. The van der Waals surface area contributed by atoms with Crippen molar-refractivity contribution in [2.24, 2.45) is 0 Å². The monoisotopic (exact) mass is 281 g/mol. The number of hydrogen-bond acceptors (Lipinski definition) is 4. The first-order valence-electron chi connectivity index (χ1n) is 4.43. The highest BCUT2D eigenvalue weighted by molar-refractivity contribution is 8.00. The molecule has 1 rings (SSSR count). The van der Waals surface area contributed by atoms with Crippen LogP contribution in [-0.2, 0) is 0 Å². The molecular weight excluding hydrogens is 275 g/mol. The van der Waals surface area contributed by atoms with E-state index in [9.17, 15) is 13.2 Å². The molecule has 0 atom stereocenters. The molecule has 0 aliphatic carbocycles. The Labute approximate surface area is 105 Å². The Kier molecular flexibility index (Phi) is 4.90. The number of nitrogens with zero attached hydrogens (tertiary/aromatic N) is 2. The fourth-order valence-electron chi connectivity index (χ4n) is 0.998. The van der Waals surface area contributed by atoms with Gasteiger partial charge in [0, 0.05) is 12.3 Å². The zero-order valence-electron chi connectivity index (χ0n) is 8.38. The Morgan fingerprint density at radius 2 is 2.18 bits per heavy atom. The number of nitriles is 1. The summed E-state index contributed by atoms with van der Waals surface area (Å²) in [4.78, 5) is 3.83. The summed E-state index contributed by atoms with van der Waals surface area (Å²) in [7, 11) is 0. The van der Waals surface area contributed by atoms with Gasteiger partial charge in [0.05, 0.1) is 11.6 Å². The largest absolute Gasteiger partial charge is 0.441 e. The van der Waals surface area contributed by atoms with Crippen LogP contribution in [-0.4, -0.2) is 22.8 Å². The van der Waals surface area contributed by atoms with Gasteiger partial charge in [0.2, 0.25) is 0 Å². The molecule has 0 saturated carbocycles. The molecular formula is C9H7ClF3N3S. The molecule has 0 saturated heterocycles. The molecule has 0 fully saturated rings. The van der Waals surface area contributed by atoms with E-state index >= 15 is 0 Å². The average molecular weight is 282 g/mol. The Morgan fingerprint density at radius 1 is 1.47 bits per heavy atom. The van der Waals surface area contributed by atoms with Crippen LogP contribution < -0.4 is 5.32 Å². The van der Waals surface area contributed by atoms with Crippen molar-refractivity contribution in [3.8, 4) is 6.07 Å². The molecule has 0 amide bonds. The van der Waals surface area contributed by atoms with Crippen LogP contribution >= 0.6 is 23.4 Å². The second-order valence-electron chi connectivity index (χ2n) is 2.90. The average Bonchev–Trinajstić information content (AvgIpc) is 2.22. The summed E-state index contributed by atoms with van der Waals surface area (Å²) >= 11 is 5.51. The van der Waals surface area contributed by atoms with E-state index in [0.29, 0.717) is 5.56 Å². The van der Waals surface area contributed by atoms with Crippen LogP contribution in [0.25, 0.3) is 0 Å². The lowest BCUT2D eigenvalue weighted by Gasteiger charge is -2.07. The maximum atomic E-state index is 11.8. The van der Waals surface area contributed by atoms with Crippen LogP contribution in [0.3, 0.4) is 0 Å². The van der Waals surface area contributed by atoms with Gasteiger partial charge in [-0.15, -0.1) is 0 Å². The Bertz CT molecular complexity index is 430. The molecule has 0 aliphatic rings. The minimum absolute atomic E-state index is 0.0857. The molecule has 17 heavy (non-hydrogen) atoms. The zero-order valence-corrected chi connectivity index (χ0v) is 9.96. The van der Waals surface area contributed by atoms with Crippen molar-refractivity contribution in [1.82, 2.24) is 4.98 Å². The first-order valence-corrected chi connectivity index (χ1v) is 5.79. The third-order valence-electron chi connectivity index (χ3n) is 1.60. The Balaban J connectivity index is 2.47. The highest BCUT2D eigenvalue weighted by Crippen LogP contribution is 2.29. The van der Waals surface area contributed by atoms with E-state index in [1.807, 2.05) is 6.07 Å². The number of alkyl halides is 3. The first-order chi connectivity index (χ1) is 7.90. The maximum absolute atomic E-state index is 11.8. The van der Waals surface area contributed by atoms with Gasteiger partial charge in [-0.25, -0.2) is 4.98 Å². The smallest absolute Gasteiger partial charge is 0.369 e. The second-order valence-corrected chi connectivity index (χ2v) is 4.44. The topological polar surface area (TPSA) is 48.7 Å². The van der Waals surface area contributed by atoms with E-state index in [-0.39, 0.29) is 35.0 Å². The van der Waals surface area contributed by atoms with Crippen molar-refractivity contribution in [3.63, 3.8) is 0 Å². The number of anilines is 1. The molecule has 1 aromatic heterocycles. The molecule has 8 heteroatoms. The summed E-state index contributed by atoms with van der Waals surface area (Å²) in [6.07, 6.45) is 0. The van der Waals surface area contributed by atoms with Gasteiger partial charge in [0.25, 0.3) is 0 Å². The third kappa shape index (κ3) is 5.65. The number of nitrogens with one attached hydrogen (secondary N) is 1. The standard InChI is InChI=1S/C9H7ClF3N3S/c10-7-3-6(5-14)4-8(16-7)15-1-2-17-9(11,12)13/h3-4H,1-2H2,(H,15,16). The quantitative estimate of drug-likeness (QED) is 0.680. The molecule has 0 spiro atoms. The van der Waals surface area contributed by atoms with Crippen LogP contribution in [0.1, 0.15) is 5.56 Å². The fraction of sp³-hybridized carbons (Fsp3) is 0.333. The summed E-state index contributed by atoms with van der Waals surface area (Å²) < 4.78 is 35.5. The number of hydrogen-bond donors (Lipinski definition) is 1. The number of thioether (sulfide) groups is 1. The van der Waals surface area contributed by atoms with Crippen molar-refractivity contribution < 1.29 is 13.2 Å². The summed E-state index contributed by atoms with van der Waals surface area (Å²) in [5.41, 5.74) is -3.93. The minimum Gasteiger partial charge on any atom is -0.369 e. The predicted octanol–water partition coefficient (Wildman–Crippen LogP) is 3.27. The van der Waals surface area contributed by atoms with Gasteiger partial charge in [0.15, 0.2) is 0 Å². The normalized spacial score (nSPS) is 11.0. The molecule has 0 aliphatic heterocycles. The van der Waals surface area contributed by atoms with Gasteiger partial charge in [-0.2, -0.15) is 18.4 Å². The lowest BCUT2D eigenvalue weighted by Crippen LogP contribution is -2.10. The molecule has 92 valence electrons. The van der Waals surface area contributed by atoms with Gasteiger partial charge in [-0.05, 0) is 23.9 Å². The molecule has 0 radical (unpaired) electrons. The molecule has 0 bridgehead atoms. The third-order valence-corrected chi connectivity index (χ3v) is 2.53. The Morgan fingerprint density at radius 3 is 2.76 bits per heavy atom. The number of halogens is 4. The van der Waals surface area contributed by atoms with E-state index in [1.165, 1.54) is 12.1 Å². The van der Waals surface area contributed by atoms with Crippen LogP contribution in [0.15, 0.2) is 12.1 Å². The maximum Gasteiger partial charge on any atom is 0.441 e. The van der Waals surface area contributed by atoms with E-state index in [2.05, 4.69) is 10.3 Å². The van der Waals surface area contributed by atoms with Gasteiger partial charge >= 0.3 is 5.51 Å². The van der Waals surface area contributed by atoms with Crippen LogP contribution in [0.5, 0.6) is 0 Å². The fourth-order valence-corrected chi connectivity index (χ4v) is 1.64. The van der Waals surface area contributed by atoms with E-state index in [1.54, 1.807) is 0 Å². The summed E-state index contributed by atoms with van der Waals surface area (Å²) in [5, 5.41) is 11.4. The van der Waals surface area contributed by atoms with E-state index in [0.717, 1.165) is 0 Å². The highest BCUT2D eigenvalue weighted by Gasteiger charge is 2.27. The number of pyridine rings is 1. The predicted molar refractivity (Wildman–Crippen MR) is 61.0 cm³/mol. The van der Waals surface area contributed by atoms with Crippen molar-refractivity contribution in [3.05, 3.63) is 22.8 Å². The van der Waals surface area contributed by atoms with Gasteiger partial charge in [0.1, 0.15) is 11.0 Å². The van der Waals surface area contributed by atoms with Crippen LogP contribution in [0.4, 0.5) is 19.0 Å². The summed E-state index contributed by atoms with van der Waals surface area (Å²) in [6, 6.07) is 4.67. The lowest BCUT2D eigenvalue weighted by atomic mass is 10.3. The van der Waals surface area contributed by atoms with Crippen LogP contribution in [0.2, 0.25) is 5.15 Å². The lowest BCUT2D eigenvalue weighted by molar-refractivity contribution is -0.0327. The van der Waals surface area contributed by atoms with Crippen molar-refractivity contribution in [2.45, 2.75) is 5.51 Å². The number of rotatable bonds is 4. The van der Waals surface area contributed by atoms with Gasteiger partial charge < -0.3 is 5.32 Å². The first kappa shape index (κ1) is 13.9. The van der Waals surface area contributed by atoms with Gasteiger partial charge in [-0.3, -0.25) is 0 Å². The number of aromatic nitrogens is 1.